The number of piperazine rings is 1. The summed E-state index contributed by atoms with van der Waals surface area (Å²) in [7, 11) is 0. The monoisotopic (exact) mass is 365 g/mol. The lowest BCUT2D eigenvalue weighted by molar-refractivity contribution is 0.0952. The largest absolute Gasteiger partial charge is 0.369 e. The van der Waals surface area contributed by atoms with Gasteiger partial charge in [-0.1, -0.05) is 23.8 Å². The van der Waals surface area contributed by atoms with E-state index in [-0.39, 0.29) is 18.3 Å². The van der Waals surface area contributed by atoms with Crippen LogP contribution in [-0.2, 0) is 0 Å². The predicted octanol–water partition coefficient (Wildman–Crippen LogP) is 3.03. The van der Waals surface area contributed by atoms with Crippen LogP contribution in [-0.4, -0.2) is 50.1 Å². The third kappa shape index (κ3) is 4.97. The summed E-state index contributed by atoms with van der Waals surface area (Å²) in [5.74, 6) is 0.0401. The van der Waals surface area contributed by atoms with Crippen LogP contribution in [0.3, 0.4) is 0 Å². The number of nitrogens with zero attached hydrogens (tertiary/aromatic N) is 2. The smallest absolute Gasteiger partial charge is 0.261 e. The summed E-state index contributed by atoms with van der Waals surface area (Å²) in [6, 6.07) is 12.5. The van der Waals surface area contributed by atoms with E-state index in [9.17, 15) is 4.79 Å². The molecule has 130 valence electrons. The summed E-state index contributed by atoms with van der Waals surface area (Å²) in [6.45, 7) is 7.92. The molecule has 1 aliphatic rings. The maximum absolute atomic E-state index is 11.9. The molecule has 0 atom stereocenters. The molecule has 1 N–H and O–H groups in total. The number of nitrogens with one attached hydrogen (secondary N) is 1. The van der Waals surface area contributed by atoms with Crippen molar-refractivity contribution in [2.75, 3.05) is 44.2 Å². The van der Waals surface area contributed by atoms with Gasteiger partial charge in [-0.3, -0.25) is 9.69 Å². The minimum Gasteiger partial charge on any atom is -0.369 e. The normalized spacial score (nSPS) is 15.0. The third-order valence-electron chi connectivity index (χ3n) is 4.23. The van der Waals surface area contributed by atoms with Crippen LogP contribution < -0.4 is 10.2 Å². The van der Waals surface area contributed by atoms with Crippen LogP contribution >= 0.6 is 23.7 Å². The molecule has 24 heavy (non-hydrogen) atoms. The zero-order valence-electron chi connectivity index (χ0n) is 13.9. The summed E-state index contributed by atoms with van der Waals surface area (Å²) in [6.07, 6.45) is 0. The highest BCUT2D eigenvalue weighted by Gasteiger charge is 2.17. The van der Waals surface area contributed by atoms with Crippen LogP contribution in [0.5, 0.6) is 0 Å². The summed E-state index contributed by atoms with van der Waals surface area (Å²) >= 11 is 1.48. The van der Waals surface area contributed by atoms with Gasteiger partial charge in [-0.25, -0.2) is 0 Å². The van der Waals surface area contributed by atoms with E-state index in [1.165, 1.54) is 22.6 Å². The van der Waals surface area contributed by atoms with Crippen molar-refractivity contribution in [1.82, 2.24) is 10.2 Å². The van der Waals surface area contributed by atoms with E-state index in [1.807, 2.05) is 17.5 Å². The van der Waals surface area contributed by atoms with Crippen LogP contribution in [0.15, 0.2) is 41.8 Å². The average molecular weight is 366 g/mol. The first-order chi connectivity index (χ1) is 11.2. The number of carbonyl (C=O) groups excluding carboxylic acids is 1. The average Bonchev–Trinajstić information content (AvgIpc) is 3.11. The molecule has 1 aliphatic heterocycles. The van der Waals surface area contributed by atoms with Crippen LogP contribution in [0.1, 0.15) is 15.2 Å². The highest BCUT2D eigenvalue weighted by atomic mass is 35.5. The number of carbonyl (C=O) groups is 1. The fourth-order valence-corrected chi connectivity index (χ4v) is 3.45. The van der Waals surface area contributed by atoms with Crippen molar-refractivity contribution in [2.45, 2.75) is 6.92 Å². The molecule has 0 unspecified atom stereocenters. The standard InChI is InChI=1S/C18H23N3OS.ClH/c1-15-4-6-16(7-5-15)21-12-10-20(11-13-21)9-8-19-18(22)17-3-2-14-23-17;/h2-7,14H,8-13H2,1H3,(H,19,22);1H. The van der Waals surface area contributed by atoms with Gasteiger partial charge in [0.25, 0.3) is 5.91 Å². The second-order valence-electron chi connectivity index (χ2n) is 5.90. The Balaban J connectivity index is 0.00000208. The molecule has 1 fully saturated rings. The molecule has 2 heterocycles. The second-order valence-corrected chi connectivity index (χ2v) is 6.85. The molecule has 4 nitrogen and oxygen atoms in total. The van der Waals surface area contributed by atoms with Gasteiger partial charge in [-0.15, -0.1) is 23.7 Å². The van der Waals surface area contributed by atoms with Crippen molar-refractivity contribution in [1.29, 1.82) is 0 Å². The van der Waals surface area contributed by atoms with Gasteiger partial charge in [-0.05, 0) is 30.5 Å². The van der Waals surface area contributed by atoms with Gasteiger partial charge in [0.1, 0.15) is 0 Å². The minimum absolute atomic E-state index is 0. The van der Waals surface area contributed by atoms with Gasteiger partial charge in [0.15, 0.2) is 0 Å². The van der Waals surface area contributed by atoms with Gasteiger partial charge >= 0.3 is 0 Å². The van der Waals surface area contributed by atoms with Crippen LogP contribution in [0, 0.1) is 6.92 Å². The van der Waals surface area contributed by atoms with Gasteiger partial charge < -0.3 is 10.2 Å². The molecule has 1 saturated heterocycles. The van der Waals surface area contributed by atoms with E-state index in [2.05, 4.69) is 46.3 Å². The Morgan fingerprint density at radius 2 is 1.83 bits per heavy atom. The van der Waals surface area contributed by atoms with Crippen molar-refractivity contribution >= 4 is 35.3 Å². The van der Waals surface area contributed by atoms with E-state index in [1.54, 1.807) is 0 Å². The lowest BCUT2D eigenvalue weighted by Crippen LogP contribution is -2.48. The molecule has 2 aromatic rings. The Hall–Kier alpha value is -1.56. The molecular weight excluding hydrogens is 342 g/mol. The van der Waals surface area contributed by atoms with Gasteiger partial charge in [0.05, 0.1) is 4.88 Å². The summed E-state index contributed by atoms with van der Waals surface area (Å²) in [5.41, 5.74) is 2.61. The van der Waals surface area contributed by atoms with Gasteiger partial charge in [0.2, 0.25) is 0 Å². The number of amides is 1. The van der Waals surface area contributed by atoms with Crippen molar-refractivity contribution in [2.24, 2.45) is 0 Å². The topological polar surface area (TPSA) is 35.6 Å². The first-order valence-electron chi connectivity index (χ1n) is 8.08. The molecule has 0 spiro atoms. The Bertz CT molecular complexity index is 622. The van der Waals surface area contributed by atoms with Crippen LogP contribution in [0.4, 0.5) is 5.69 Å². The minimum atomic E-state index is 0. The maximum atomic E-state index is 11.9. The fraction of sp³-hybridized carbons (Fsp3) is 0.389. The summed E-state index contributed by atoms with van der Waals surface area (Å²) in [4.78, 5) is 17.5. The summed E-state index contributed by atoms with van der Waals surface area (Å²) < 4.78 is 0. The Labute approximate surface area is 153 Å². The zero-order valence-corrected chi connectivity index (χ0v) is 15.5. The zero-order chi connectivity index (χ0) is 16.1. The second kappa shape index (κ2) is 9.06. The van der Waals surface area contributed by atoms with Gasteiger partial charge in [-0.2, -0.15) is 0 Å². The van der Waals surface area contributed by atoms with E-state index >= 15 is 0 Å². The first kappa shape index (κ1) is 18.8. The molecule has 1 aromatic carbocycles. The SMILES string of the molecule is Cc1ccc(N2CCN(CCNC(=O)c3cccs3)CC2)cc1.Cl. The highest BCUT2D eigenvalue weighted by Crippen LogP contribution is 2.16. The molecule has 0 aliphatic carbocycles. The lowest BCUT2D eigenvalue weighted by Gasteiger charge is -2.36. The Kier molecular flexibility index (Phi) is 7.09. The predicted molar refractivity (Wildman–Crippen MR) is 104 cm³/mol. The van der Waals surface area contributed by atoms with Crippen molar-refractivity contribution in [3.8, 4) is 0 Å². The molecule has 1 aromatic heterocycles. The fourth-order valence-electron chi connectivity index (χ4n) is 2.81. The number of rotatable bonds is 5. The maximum Gasteiger partial charge on any atom is 0.261 e. The number of aryl methyl sites for hydroxylation is 1. The highest BCUT2D eigenvalue weighted by molar-refractivity contribution is 7.12. The van der Waals surface area contributed by atoms with Crippen molar-refractivity contribution in [3.63, 3.8) is 0 Å². The number of hydrogen-bond acceptors (Lipinski definition) is 4. The van der Waals surface area contributed by atoms with Gasteiger partial charge in [0, 0.05) is 45.0 Å². The van der Waals surface area contributed by atoms with E-state index in [4.69, 9.17) is 0 Å². The Morgan fingerprint density at radius 3 is 2.46 bits per heavy atom. The number of hydrogen-bond donors (Lipinski definition) is 1. The molecule has 0 radical (unpaired) electrons. The number of thiophene rings is 1. The molecule has 1 amide bonds. The van der Waals surface area contributed by atoms with Crippen molar-refractivity contribution in [3.05, 3.63) is 52.2 Å². The number of benzene rings is 1. The molecule has 0 saturated carbocycles. The van der Waals surface area contributed by atoms with E-state index in [0.29, 0.717) is 6.54 Å². The number of anilines is 1. The number of halogens is 1. The van der Waals surface area contributed by atoms with E-state index in [0.717, 1.165) is 37.6 Å². The van der Waals surface area contributed by atoms with E-state index < -0.39 is 0 Å². The first-order valence-corrected chi connectivity index (χ1v) is 8.96. The summed E-state index contributed by atoms with van der Waals surface area (Å²) in [5, 5.41) is 4.93. The van der Waals surface area contributed by atoms with Crippen molar-refractivity contribution < 1.29 is 4.79 Å². The molecule has 0 bridgehead atoms. The molecule has 3 rings (SSSR count). The molecule has 6 heteroatoms. The van der Waals surface area contributed by atoms with Crippen LogP contribution in [0.25, 0.3) is 0 Å². The Morgan fingerprint density at radius 1 is 1.12 bits per heavy atom. The third-order valence-corrected chi connectivity index (χ3v) is 5.10. The quantitative estimate of drug-likeness (QED) is 0.884. The molecular formula is C18H24ClN3OS. The van der Waals surface area contributed by atoms with Crippen LogP contribution in [0.2, 0.25) is 0 Å². The lowest BCUT2D eigenvalue weighted by atomic mass is 10.2.